The maximum atomic E-state index is 11.7. The first-order valence-electron chi connectivity index (χ1n) is 5.51. The van der Waals surface area contributed by atoms with E-state index in [-0.39, 0.29) is 0 Å². The molecule has 2 rings (SSSR count). The fraction of sp³-hybridized carbons (Fsp3) is 0.0667. The zero-order valence-corrected chi connectivity index (χ0v) is 9.88. The van der Waals surface area contributed by atoms with Gasteiger partial charge in [0.15, 0.2) is 0 Å². The summed E-state index contributed by atoms with van der Waals surface area (Å²) in [5.74, 6) is -0.566. The Bertz CT molecular complexity index is 640. The van der Waals surface area contributed by atoms with Crippen LogP contribution in [-0.2, 0) is 4.79 Å². The molecule has 3 heteroatoms. The summed E-state index contributed by atoms with van der Waals surface area (Å²) in [6.45, 7) is 1.97. The van der Waals surface area contributed by atoms with Crippen molar-refractivity contribution in [1.82, 2.24) is 0 Å². The van der Waals surface area contributed by atoms with Crippen LogP contribution in [0.5, 0.6) is 0 Å². The zero-order chi connectivity index (χ0) is 13.0. The van der Waals surface area contributed by atoms with E-state index in [1.807, 2.05) is 43.3 Å². The third-order valence-corrected chi connectivity index (χ3v) is 2.74. The van der Waals surface area contributed by atoms with Crippen LogP contribution >= 0.6 is 0 Å². The quantitative estimate of drug-likeness (QED) is 0.595. The lowest BCUT2D eigenvalue weighted by molar-refractivity contribution is 0.100. The van der Waals surface area contributed by atoms with Crippen molar-refractivity contribution in [2.24, 2.45) is 4.99 Å². The summed E-state index contributed by atoms with van der Waals surface area (Å²) in [5, 5.41) is 0. The van der Waals surface area contributed by atoms with Crippen molar-refractivity contribution in [3.8, 4) is 11.1 Å². The molecule has 0 aliphatic heterocycles. The number of benzene rings is 2. The van der Waals surface area contributed by atoms with Gasteiger partial charge < -0.3 is 0 Å². The van der Waals surface area contributed by atoms with Crippen molar-refractivity contribution in [3.63, 3.8) is 0 Å². The van der Waals surface area contributed by atoms with E-state index in [2.05, 4.69) is 4.99 Å². The van der Waals surface area contributed by atoms with Gasteiger partial charge in [-0.25, -0.2) is 4.79 Å². The van der Waals surface area contributed by atoms with Crippen molar-refractivity contribution in [1.29, 1.82) is 0 Å². The summed E-state index contributed by atoms with van der Waals surface area (Å²) in [6.07, 6.45) is 1.28. The number of aliphatic imine (C=N–C) groups is 1. The van der Waals surface area contributed by atoms with Gasteiger partial charge in [-0.05, 0) is 29.7 Å². The predicted molar refractivity (Wildman–Crippen MR) is 69.1 cm³/mol. The van der Waals surface area contributed by atoms with Gasteiger partial charge in [-0.15, -0.1) is 4.99 Å². The molecule has 0 heterocycles. The van der Waals surface area contributed by atoms with Crippen molar-refractivity contribution in [2.45, 2.75) is 6.92 Å². The Hall–Kier alpha value is -2.51. The molecule has 1 amide bonds. The number of hydrogen-bond acceptors (Lipinski definition) is 2. The Labute approximate surface area is 105 Å². The molecule has 0 aliphatic rings. The van der Waals surface area contributed by atoms with Crippen molar-refractivity contribution in [2.75, 3.05) is 0 Å². The molecule has 0 saturated carbocycles. The van der Waals surface area contributed by atoms with E-state index in [0.717, 1.165) is 16.7 Å². The minimum Gasteiger partial charge on any atom is -0.266 e. The molecule has 0 aromatic heterocycles. The molecule has 0 N–H and O–H groups in total. The zero-order valence-electron chi connectivity index (χ0n) is 9.88. The summed E-state index contributed by atoms with van der Waals surface area (Å²) in [6, 6.07) is 14.9. The van der Waals surface area contributed by atoms with Crippen LogP contribution in [0.4, 0.5) is 0 Å². The topological polar surface area (TPSA) is 46.5 Å². The molecule has 0 bridgehead atoms. The van der Waals surface area contributed by atoms with Crippen LogP contribution in [0.1, 0.15) is 15.9 Å². The Morgan fingerprint density at radius 1 is 1.00 bits per heavy atom. The molecule has 18 heavy (non-hydrogen) atoms. The van der Waals surface area contributed by atoms with Crippen molar-refractivity contribution in [3.05, 3.63) is 59.7 Å². The fourth-order valence-corrected chi connectivity index (χ4v) is 1.88. The number of nitrogens with zero attached hydrogens (tertiary/aromatic N) is 1. The van der Waals surface area contributed by atoms with Gasteiger partial charge in [0.05, 0.1) is 5.56 Å². The Balaban J connectivity index is 2.62. The Morgan fingerprint density at radius 2 is 1.61 bits per heavy atom. The average molecular weight is 237 g/mol. The van der Waals surface area contributed by atoms with Crippen LogP contribution in [0.2, 0.25) is 0 Å². The number of aryl methyl sites for hydroxylation is 1. The first kappa shape index (κ1) is 12.0. The minimum atomic E-state index is -0.566. The van der Waals surface area contributed by atoms with E-state index in [9.17, 15) is 9.59 Å². The lowest BCUT2D eigenvalue weighted by Crippen LogP contribution is -1.98. The van der Waals surface area contributed by atoms with Crippen LogP contribution in [0.3, 0.4) is 0 Å². The third kappa shape index (κ3) is 2.26. The van der Waals surface area contributed by atoms with E-state index in [1.54, 1.807) is 12.1 Å². The molecule has 0 unspecified atom stereocenters. The predicted octanol–water partition coefficient (Wildman–Crippen LogP) is 3.14. The van der Waals surface area contributed by atoms with E-state index in [0.29, 0.717) is 5.56 Å². The number of amides is 1. The molecule has 0 fully saturated rings. The van der Waals surface area contributed by atoms with Crippen LogP contribution in [-0.4, -0.2) is 12.0 Å². The highest BCUT2D eigenvalue weighted by molar-refractivity contribution is 6.03. The first-order chi connectivity index (χ1) is 8.74. The molecule has 0 saturated heterocycles. The summed E-state index contributed by atoms with van der Waals surface area (Å²) in [7, 11) is 0. The molecule has 0 radical (unpaired) electrons. The summed E-state index contributed by atoms with van der Waals surface area (Å²) < 4.78 is 0. The highest BCUT2D eigenvalue weighted by Crippen LogP contribution is 2.27. The van der Waals surface area contributed by atoms with Crippen molar-refractivity contribution >= 4 is 12.0 Å². The number of rotatable bonds is 2. The highest BCUT2D eigenvalue weighted by atomic mass is 16.2. The molecular formula is C15H11NO2. The average Bonchev–Trinajstić information content (AvgIpc) is 2.40. The van der Waals surface area contributed by atoms with Gasteiger partial charge in [0.25, 0.3) is 5.91 Å². The van der Waals surface area contributed by atoms with Crippen LogP contribution < -0.4 is 0 Å². The van der Waals surface area contributed by atoms with Gasteiger partial charge in [-0.3, -0.25) is 4.79 Å². The van der Waals surface area contributed by atoms with E-state index < -0.39 is 5.91 Å². The minimum absolute atomic E-state index is 0.412. The summed E-state index contributed by atoms with van der Waals surface area (Å²) in [5.41, 5.74) is 3.21. The lowest BCUT2D eigenvalue weighted by atomic mass is 9.96. The standard InChI is InChI=1S/C15H11NO2/c1-11-6-2-3-7-12(11)13-8-4-5-9-14(13)15(18)16-10-17/h2-9H,1H3. The molecule has 0 aliphatic carbocycles. The van der Waals surface area contributed by atoms with E-state index in [4.69, 9.17) is 0 Å². The fourth-order valence-electron chi connectivity index (χ4n) is 1.88. The van der Waals surface area contributed by atoms with Gasteiger partial charge in [-0.1, -0.05) is 42.5 Å². The molecular weight excluding hydrogens is 226 g/mol. The molecule has 3 nitrogen and oxygen atoms in total. The number of carbonyl (C=O) groups is 1. The number of carbonyl (C=O) groups excluding carboxylic acids is 2. The Morgan fingerprint density at radius 3 is 2.28 bits per heavy atom. The van der Waals surface area contributed by atoms with Gasteiger partial charge in [0, 0.05) is 0 Å². The van der Waals surface area contributed by atoms with Crippen LogP contribution in [0.15, 0.2) is 53.5 Å². The third-order valence-electron chi connectivity index (χ3n) is 2.74. The SMILES string of the molecule is Cc1ccccc1-c1ccccc1C(=O)N=C=O. The second-order valence-corrected chi connectivity index (χ2v) is 3.87. The highest BCUT2D eigenvalue weighted by Gasteiger charge is 2.12. The molecule has 2 aromatic rings. The number of isocyanates is 1. The Kier molecular flexibility index (Phi) is 3.46. The van der Waals surface area contributed by atoms with Gasteiger partial charge >= 0.3 is 0 Å². The molecule has 0 spiro atoms. The second kappa shape index (κ2) is 5.21. The molecule has 2 aromatic carbocycles. The van der Waals surface area contributed by atoms with Gasteiger partial charge in [0.1, 0.15) is 0 Å². The smallest absolute Gasteiger partial charge is 0.266 e. The van der Waals surface area contributed by atoms with Gasteiger partial charge in [-0.2, -0.15) is 0 Å². The number of hydrogen-bond donors (Lipinski definition) is 0. The molecule has 0 atom stereocenters. The second-order valence-electron chi connectivity index (χ2n) is 3.87. The lowest BCUT2D eigenvalue weighted by Gasteiger charge is -2.08. The summed E-state index contributed by atoms with van der Waals surface area (Å²) in [4.78, 5) is 25.1. The van der Waals surface area contributed by atoms with Crippen LogP contribution in [0.25, 0.3) is 11.1 Å². The summed E-state index contributed by atoms with van der Waals surface area (Å²) >= 11 is 0. The first-order valence-corrected chi connectivity index (χ1v) is 5.51. The molecule has 88 valence electrons. The van der Waals surface area contributed by atoms with Gasteiger partial charge in [0.2, 0.25) is 6.08 Å². The normalized spacial score (nSPS) is 9.61. The van der Waals surface area contributed by atoms with E-state index >= 15 is 0 Å². The maximum absolute atomic E-state index is 11.7. The van der Waals surface area contributed by atoms with Crippen molar-refractivity contribution < 1.29 is 9.59 Å². The maximum Gasteiger partial charge on any atom is 0.288 e. The monoisotopic (exact) mass is 237 g/mol. The largest absolute Gasteiger partial charge is 0.288 e. The van der Waals surface area contributed by atoms with E-state index in [1.165, 1.54) is 6.08 Å². The van der Waals surface area contributed by atoms with Crippen LogP contribution in [0, 0.1) is 6.92 Å².